The lowest BCUT2D eigenvalue weighted by molar-refractivity contribution is 0.0920. The second-order valence-electron chi connectivity index (χ2n) is 6.63. The van der Waals surface area contributed by atoms with E-state index in [0.29, 0.717) is 0 Å². The van der Waals surface area contributed by atoms with E-state index in [2.05, 4.69) is 0 Å². The van der Waals surface area contributed by atoms with Crippen molar-refractivity contribution in [3.05, 3.63) is 89.0 Å². The molecule has 29 heavy (non-hydrogen) atoms. The Labute approximate surface area is 167 Å². The third-order valence-electron chi connectivity index (χ3n) is 4.75. The Morgan fingerprint density at radius 3 is 2.07 bits per heavy atom. The van der Waals surface area contributed by atoms with E-state index in [1.807, 2.05) is 30.3 Å². The van der Waals surface area contributed by atoms with Crippen molar-refractivity contribution in [3.63, 3.8) is 0 Å². The maximum Gasteiger partial charge on any atom is 0.266 e. The van der Waals surface area contributed by atoms with E-state index in [1.165, 1.54) is 19.1 Å². The Hall–Kier alpha value is -3.93. The van der Waals surface area contributed by atoms with Crippen molar-refractivity contribution in [2.75, 3.05) is 4.90 Å². The average Bonchev–Trinajstić information content (AvgIpc) is 2.98. The Bertz CT molecular complexity index is 1100. The summed E-state index contributed by atoms with van der Waals surface area (Å²) >= 11 is 0. The van der Waals surface area contributed by atoms with Crippen LogP contribution in [0.5, 0.6) is 11.5 Å². The van der Waals surface area contributed by atoms with Crippen LogP contribution in [0, 0.1) is 0 Å². The molecule has 1 heterocycles. The van der Waals surface area contributed by atoms with Crippen molar-refractivity contribution in [2.45, 2.75) is 13.5 Å². The van der Waals surface area contributed by atoms with Crippen molar-refractivity contribution in [1.82, 2.24) is 0 Å². The van der Waals surface area contributed by atoms with E-state index in [4.69, 9.17) is 4.74 Å². The SMILES string of the molecule is CC(=O)c1ccc(OCc2ccccc2)c(N2C(=O)c3ccccc3C2=O)c1O. The van der Waals surface area contributed by atoms with Gasteiger partial charge in [-0.05, 0) is 36.8 Å². The first-order valence-electron chi connectivity index (χ1n) is 9.00. The fraction of sp³-hybridized carbons (Fsp3) is 0.0870. The minimum Gasteiger partial charge on any atom is -0.505 e. The minimum absolute atomic E-state index is 0.00335. The molecule has 3 aromatic carbocycles. The summed E-state index contributed by atoms with van der Waals surface area (Å²) in [5, 5.41) is 10.8. The fourth-order valence-electron chi connectivity index (χ4n) is 3.31. The number of hydrogen-bond donors (Lipinski definition) is 1. The van der Waals surface area contributed by atoms with Gasteiger partial charge in [0, 0.05) is 0 Å². The summed E-state index contributed by atoms with van der Waals surface area (Å²) in [4.78, 5) is 38.6. The molecule has 0 unspecified atom stereocenters. The van der Waals surface area contributed by atoms with Crippen molar-refractivity contribution in [1.29, 1.82) is 0 Å². The number of Topliss-reactive ketones (excluding diaryl/α,β-unsaturated/α-hetero) is 1. The molecule has 0 spiro atoms. The van der Waals surface area contributed by atoms with Crippen LogP contribution in [-0.4, -0.2) is 22.7 Å². The molecule has 1 N–H and O–H groups in total. The van der Waals surface area contributed by atoms with Crippen LogP contribution in [0.1, 0.15) is 43.6 Å². The number of phenols is 1. The van der Waals surface area contributed by atoms with Gasteiger partial charge in [0.05, 0.1) is 16.7 Å². The molecule has 0 atom stereocenters. The molecule has 0 aliphatic carbocycles. The molecule has 0 radical (unpaired) electrons. The quantitative estimate of drug-likeness (QED) is 0.529. The van der Waals surface area contributed by atoms with Crippen molar-refractivity contribution in [2.24, 2.45) is 0 Å². The molecule has 4 rings (SSSR count). The number of anilines is 1. The molecule has 0 saturated carbocycles. The molecule has 1 aliphatic rings. The number of phenolic OH excluding ortho intramolecular Hbond substituents is 1. The van der Waals surface area contributed by atoms with E-state index < -0.39 is 23.3 Å². The van der Waals surface area contributed by atoms with E-state index in [1.54, 1.807) is 24.3 Å². The highest BCUT2D eigenvalue weighted by molar-refractivity contribution is 6.35. The van der Waals surface area contributed by atoms with Crippen molar-refractivity contribution < 1.29 is 24.2 Å². The molecular formula is C23H17NO5. The first-order valence-corrected chi connectivity index (χ1v) is 9.00. The smallest absolute Gasteiger partial charge is 0.266 e. The number of rotatable bonds is 5. The molecule has 0 saturated heterocycles. The summed E-state index contributed by atoms with van der Waals surface area (Å²) in [6, 6.07) is 18.6. The first-order chi connectivity index (χ1) is 14.0. The molecule has 1 aliphatic heterocycles. The monoisotopic (exact) mass is 387 g/mol. The van der Waals surface area contributed by atoms with E-state index >= 15 is 0 Å². The van der Waals surface area contributed by atoms with E-state index in [-0.39, 0.29) is 34.7 Å². The highest BCUT2D eigenvalue weighted by Gasteiger charge is 2.40. The number of ether oxygens (including phenoxy) is 1. The number of carbonyl (C=O) groups excluding carboxylic acids is 3. The van der Waals surface area contributed by atoms with Gasteiger partial charge in [-0.3, -0.25) is 14.4 Å². The lowest BCUT2D eigenvalue weighted by Gasteiger charge is -2.21. The zero-order valence-corrected chi connectivity index (χ0v) is 15.6. The van der Waals surface area contributed by atoms with Crippen LogP contribution >= 0.6 is 0 Å². The molecule has 6 nitrogen and oxygen atoms in total. The lowest BCUT2D eigenvalue weighted by atomic mass is 10.1. The van der Waals surface area contributed by atoms with Crippen LogP contribution < -0.4 is 9.64 Å². The second kappa shape index (κ2) is 7.24. The highest BCUT2D eigenvalue weighted by Crippen LogP contribution is 2.43. The molecule has 3 aromatic rings. The number of amides is 2. The van der Waals surface area contributed by atoms with Gasteiger partial charge in [-0.25, -0.2) is 4.90 Å². The summed E-state index contributed by atoms with van der Waals surface area (Å²) in [5.74, 6) is -1.88. The van der Waals surface area contributed by atoms with Crippen LogP contribution in [0.4, 0.5) is 5.69 Å². The van der Waals surface area contributed by atoms with Gasteiger partial charge >= 0.3 is 0 Å². The summed E-state index contributed by atoms with van der Waals surface area (Å²) in [6.45, 7) is 1.46. The van der Waals surface area contributed by atoms with Gasteiger partial charge < -0.3 is 9.84 Å². The van der Waals surface area contributed by atoms with Gasteiger partial charge in [0.2, 0.25) is 0 Å². The van der Waals surface area contributed by atoms with Crippen LogP contribution in [0.15, 0.2) is 66.7 Å². The molecule has 0 fully saturated rings. The van der Waals surface area contributed by atoms with Crippen LogP contribution in [-0.2, 0) is 6.61 Å². The molecular weight excluding hydrogens is 370 g/mol. The molecule has 0 aromatic heterocycles. The van der Waals surface area contributed by atoms with Gasteiger partial charge in [0.15, 0.2) is 11.5 Å². The summed E-state index contributed by atoms with van der Waals surface area (Å²) in [6.07, 6.45) is 0. The number of fused-ring (bicyclic) bond motifs is 1. The zero-order valence-electron chi connectivity index (χ0n) is 15.6. The van der Waals surface area contributed by atoms with Crippen molar-refractivity contribution >= 4 is 23.3 Å². The summed E-state index contributed by atoms with van der Waals surface area (Å²) in [7, 11) is 0. The second-order valence-corrected chi connectivity index (χ2v) is 6.63. The Morgan fingerprint density at radius 2 is 1.48 bits per heavy atom. The maximum atomic E-state index is 12.9. The van der Waals surface area contributed by atoms with Crippen LogP contribution in [0.2, 0.25) is 0 Å². The topological polar surface area (TPSA) is 83.9 Å². The Balaban J connectivity index is 1.80. The van der Waals surface area contributed by atoms with Gasteiger partial charge in [0.1, 0.15) is 18.0 Å². The lowest BCUT2D eigenvalue weighted by Crippen LogP contribution is -2.30. The van der Waals surface area contributed by atoms with Crippen LogP contribution in [0.25, 0.3) is 0 Å². The summed E-state index contributed by atoms with van der Waals surface area (Å²) < 4.78 is 5.83. The third kappa shape index (κ3) is 3.14. The van der Waals surface area contributed by atoms with Gasteiger partial charge in [0.25, 0.3) is 11.8 Å². The fourth-order valence-corrected chi connectivity index (χ4v) is 3.31. The number of benzene rings is 3. The van der Waals surface area contributed by atoms with Crippen LogP contribution in [0.3, 0.4) is 0 Å². The summed E-state index contributed by atoms with van der Waals surface area (Å²) in [5.41, 5.74) is 1.22. The van der Waals surface area contributed by atoms with E-state index in [9.17, 15) is 19.5 Å². The highest BCUT2D eigenvalue weighted by atomic mass is 16.5. The standard InChI is InChI=1S/C23H17NO5/c1-14(25)16-11-12-19(29-13-15-7-3-2-4-8-15)20(21(16)26)24-22(27)17-9-5-6-10-18(17)23(24)28/h2-12,26H,13H2,1H3. The van der Waals surface area contributed by atoms with Gasteiger partial charge in [-0.15, -0.1) is 0 Å². The van der Waals surface area contributed by atoms with Crippen molar-refractivity contribution in [3.8, 4) is 11.5 Å². The molecule has 0 bridgehead atoms. The average molecular weight is 387 g/mol. The predicted molar refractivity (Wildman–Crippen MR) is 106 cm³/mol. The number of nitrogens with zero attached hydrogens (tertiary/aromatic N) is 1. The predicted octanol–water partition coefficient (Wildman–Crippen LogP) is 3.97. The zero-order chi connectivity index (χ0) is 20.5. The number of ketones is 1. The number of hydrogen-bond acceptors (Lipinski definition) is 5. The van der Waals surface area contributed by atoms with Gasteiger partial charge in [-0.2, -0.15) is 0 Å². The first kappa shape index (κ1) is 18.4. The van der Waals surface area contributed by atoms with E-state index in [0.717, 1.165) is 10.5 Å². The third-order valence-corrected chi connectivity index (χ3v) is 4.75. The normalized spacial score (nSPS) is 12.8. The van der Waals surface area contributed by atoms with Gasteiger partial charge in [-0.1, -0.05) is 42.5 Å². The largest absolute Gasteiger partial charge is 0.505 e. The molecule has 6 heteroatoms. The Kier molecular flexibility index (Phi) is 4.60. The number of carbonyl (C=O) groups is 3. The Morgan fingerprint density at radius 1 is 0.897 bits per heavy atom. The molecule has 2 amide bonds. The maximum absolute atomic E-state index is 12.9. The molecule has 144 valence electrons. The minimum atomic E-state index is -0.578. The number of imide groups is 1. The number of aromatic hydroxyl groups is 1.